The van der Waals surface area contributed by atoms with Crippen molar-refractivity contribution in [1.29, 1.82) is 0 Å². The number of unbranched alkanes of at least 4 members (excludes halogenated alkanes) is 1. The quantitative estimate of drug-likeness (QED) is 0.498. The van der Waals surface area contributed by atoms with Crippen LogP contribution in [0.5, 0.6) is 6.01 Å². The van der Waals surface area contributed by atoms with Gasteiger partial charge in [0, 0.05) is 11.9 Å². The molecule has 0 aromatic carbocycles. The number of pyridine rings is 1. The second-order valence-electron chi connectivity index (χ2n) is 5.95. The molecule has 3 aromatic rings. The molecule has 0 aliphatic heterocycles. The number of anilines is 1. The second kappa shape index (κ2) is 7.34. The molecule has 9 nitrogen and oxygen atoms in total. The van der Waals surface area contributed by atoms with Gasteiger partial charge in [-0.3, -0.25) is 19.1 Å². The van der Waals surface area contributed by atoms with Crippen LogP contribution in [0.3, 0.4) is 0 Å². The summed E-state index contributed by atoms with van der Waals surface area (Å²) in [6.07, 6.45) is 3.45. The SMILES string of the molecule is CCCCOc1nc(N)c2[nH]c(=O)c(=O)n(Cc3ccc(C)nc3)c2n1. The minimum atomic E-state index is -0.785. The average Bonchev–Trinajstić information content (AvgIpc) is 2.62. The predicted molar refractivity (Wildman–Crippen MR) is 97.3 cm³/mol. The molecule has 3 aromatic heterocycles. The molecular formula is C17H20N6O3. The molecule has 0 radical (unpaired) electrons. The molecule has 136 valence electrons. The van der Waals surface area contributed by atoms with E-state index in [9.17, 15) is 9.59 Å². The van der Waals surface area contributed by atoms with Gasteiger partial charge in [-0.05, 0) is 25.0 Å². The van der Waals surface area contributed by atoms with Crippen molar-refractivity contribution >= 4 is 17.0 Å². The van der Waals surface area contributed by atoms with Crippen molar-refractivity contribution in [2.24, 2.45) is 0 Å². The molecule has 26 heavy (non-hydrogen) atoms. The van der Waals surface area contributed by atoms with E-state index in [0.29, 0.717) is 6.61 Å². The highest BCUT2D eigenvalue weighted by Gasteiger charge is 2.15. The molecule has 0 saturated heterocycles. The van der Waals surface area contributed by atoms with Gasteiger partial charge in [-0.1, -0.05) is 19.4 Å². The largest absolute Gasteiger partial charge is 0.463 e. The lowest BCUT2D eigenvalue weighted by Crippen LogP contribution is -2.37. The second-order valence-corrected chi connectivity index (χ2v) is 5.95. The fourth-order valence-electron chi connectivity index (χ4n) is 2.44. The Hall–Kier alpha value is -3.23. The summed E-state index contributed by atoms with van der Waals surface area (Å²) < 4.78 is 6.76. The minimum Gasteiger partial charge on any atom is -0.463 e. The minimum absolute atomic E-state index is 0.0504. The van der Waals surface area contributed by atoms with Crippen LogP contribution >= 0.6 is 0 Å². The highest BCUT2D eigenvalue weighted by atomic mass is 16.5. The van der Waals surface area contributed by atoms with Gasteiger partial charge in [0.1, 0.15) is 5.52 Å². The Bertz CT molecular complexity index is 1040. The standard InChI is InChI=1S/C17H20N6O3/c1-3-4-7-26-17-21-13(18)12-14(22-17)23(16(25)15(24)20-12)9-11-6-5-10(2)19-8-11/h5-6,8H,3-4,7,9H2,1-2H3,(H,20,24)(H2,18,21,22). The van der Waals surface area contributed by atoms with Gasteiger partial charge in [0.2, 0.25) is 0 Å². The summed E-state index contributed by atoms with van der Waals surface area (Å²) in [4.78, 5) is 39.4. The molecule has 0 saturated carbocycles. The highest BCUT2D eigenvalue weighted by molar-refractivity contribution is 5.81. The Morgan fingerprint density at radius 1 is 1.27 bits per heavy atom. The Morgan fingerprint density at radius 2 is 2.08 bits per heavy atom. The third kappa shape index (κ3) is 3.56. The van der Waals surface area contributed by atoms with E-state index in [1.807, 2.05) is 26.0 Å². The van der Waals surface area contributed by atoms with Crippen molar-refractivity contribution in [2.75, 3.05) is 12.3 Å². The molecule has 0 fully saturated rings. The monoisotopic (exact) mass is 356 g/mol. The van der Waals surface area contributed by atoms with Gasteiger partial charge >= 0.3 is 17.1 Å². The van der Waals surface area contributed by atoms with E-state index in [2.05, 4.69) is 19.9 Å². The van der Waals surface area contributed by atoms with Crippen molar-refractivity contribution in [2.45, 2.75) is 33.2 Å². The molecule has 0 aliphatic rings. The van der Waals surface area contributed by atoms with Crippen LogP contribution in [0, 0.1) is 6.92 Å². The Kier molecular flexibility index (Phi) is 4.97. The first-order chi connectivity index (χ1) is 12.5. The fourth-order valence-corrected chi connectivity index (χ4v) is 2.44. The third-order valence-electron chi connectivity index (χ3n) is 3.87. The zero-order valence-electron chi connectivity index (χ0n) is 14.7. The first-order valence-corrected chi connectivity index (χ1v) is 8.34. The number of aromatic nitrogens is 5. The summed E-state index contributed by atoms with van der Waals surface area (Å²) >= 11 is 0. The molecule has 0 amide bonds. The maximum absolute atomic E-state index is 12.4. The summed E-state index contributed by atoms with van der Waals surface area (Å²) in [6, 6.07) is 3.74. The van der Waals surface area contributed by atoms with Crippen molar-refractivity contribution < 1.29 is 4.74 Å². The molecule has 0 atom stereocenters. The number of fused-ring (bicyclic) bond motifs is 1. The molecule has 3 heterocycles. The highest BCUT2D eigenvalue weighted by Crippen LogP contribution is 2.17. The molecular weight excluding hydrogens is 336 g/mol. The number of hydrogen-bond acceptors (Lipinski definition) is 7. The van der Waals surface area contributed by atoms with E-state index >= 15 is 0 Å². The number of hydrogen-bond donors (Lipinski definition) is 2. The summed E-state index contributed by atoms with van der Waals surface area (Å²) in [6.45, 7) is 4.48. The van der Waals surface area contributed by atoms with Gasteiger partial charge in [-0.2, -0.15) is 9.97 Å². The molecule has 0 unspecified atom stereocenters. The summed E-state index contributed by atoms with van der Waals surface area (Å²) in [5.41, 5.74) is 6.46. The number of H-pyrrole nitrogens is 1. The van der Waals surface area contributed by atoms with Gasteiger partial charge in [-0.25, -0.2) is 0 Å². The van der Waals surface area contributed by atoms with E-state index in [-0.39, 0.29) is 29.5 Å². The topological polar surface area (TPSA) is 129 Å². The van der Waals surface area contributed by atoms with Crippen LogP contribution in [0.1, 0.15) is 31.0 Å². The van der Waals surface area contributed by atoms with Crippen LogP contribution in [-0.4, -0.2) is 31.1 Å². The first kappa shape index (κ1) is 17.6. The number of nitrogen functional groups attached to an aromatic ring is 1. The Balaban J connectivity index is 2.12. The number of nitrogens with two attached hydrogens (primary N) is 1. The van der Waals surface area contributed by atoms with Crippen molar-refractivity contribution in [3.8, 4) is 6.01 Å². The number of ether oxygens (including phenoxy) is 1. The van der Waals surface area contributed by atoms with E-state index in [1.54, 1.807) is 6.20 Å². The Morgan fingerprint density at radius 3 is 2.77 bits per heavy atom. The molecule has 0 spiro atoms. The van der Waals surface area contributed by atoms with Gasteiger partial charge < -0.3 is 15.5 Å². The molecule has 0 aliphatic carbocycles. The number of aryl methyl sites for hydroxylation is 1. The number of nitrogens with one attached hydrogen (secondary N) is 1. The average molecular weight is 356 g/mol. The van der Waals surface area contributed by atoms with Crippen LogP contribution in [0.25, 0.3) is 11.2 Å². The lowest BCUT2D eigenvalue weighted by atomic mass is 10.2. The van der Waals surface area contributed by atoms with Crippen molar-refractivity contribution in [3.05, 3.63) is 50.3 Å². The van der Waals surface area contributed by atoms with Gasteiger partial charge in [-0.15, -0.1) is 0 Å². The smallest absolute Gasteiger partial charge is 0.320 e. The van der Waals surface area contributed by atoms with E-state index in [0.717, 1.165) is 24.1 Å². The third-order valence-corrected chi connectivity index (χ3v) is 3.87. The zero-order chi connectivity index (χ0) is 18.7. The van der Waals surface area contributed by atoms with E-state index < -0.39 is 11.1 Å². The number of nitrogens with zero attached hydrogens (tertiary/aromatic N) is 4. The van der Waals surface area contributed by atoms with Gasteiger partial charge in [0.05, 0.1) is 13.2 Å². The van der Waals surface area contributed by atoms with Crippen molar-refractivity contribution in [1.82, 2.24) is 24.5 Å². The lowest BCUT2D eigenvalue weighted by Gasteiger charge is -2.11. The van der Waals surface area contributed by atoms with E-state index in [1.165, 1.54) is 4.57 Å². The fraction of sp³-hybridized carbons (Fsp3) is 0.353. The molecule has 0 bridgehead atoms. The summed E-state index contributed by atoms with van der Waals surface area (Å²) in [7, 11) is 0. The predicted octanol–water partition coefficient (Wildman–Crippen LogP) is 0.993. The molecule has 9 heteroatoms. The van der Waals surface area contributed by atoms with Gasteiger partial charge in [0.15, 0.2) is 11.5 Å². The van der Waals surface area contributed by atoms with E-state index in [4.69, 9.17) is 10.5 Å². The lowest BCUT2D eigenvalue weighted by molar-refractivity contribution is 0.286. The normalized spacial score (nSPS) is 11.0. The van der Waals surface area contributed by atoms with Gasteiger partial charge in [0.25, 0.3) is 0 Å². The molecule has 3 rings (SSSR count). The summed E-state index contributed by atoms with van der Waals surface area (Å²) in [5.74, 6) is 0.0504. The summed E-state index contributed by atoms with van der Waals surface area (Å²) in [5, 5.41) is 0. The Labute approximate surface area is 148 Å². The number of rotatable bonds is 6. The maximum Gasteiger partial charge on any atom is 0.320 e. The van der Waals surface area contributed by atoms with Crippen molar-refractivity contribution in [3.63, 3.8) is 0 Å². The number of aromatic amines is 1. The molecule has 3 N–H and O–H groups in total. The zero-order valence-corrected chi connectivity index (χ0v) is 14.7. The van der Waals surface area contributed by atoms with Crippen LogP contribution in [0.2, 0.25) is 0 Å². The van der Waals surface area contributed by atoms with Crippen LogP contribution in [-0.2, 0) is 6.54 Å². The maximum atomic E-state index is 12.4. The first-order valence-electron chi connectivity index (χ1n) is 8.34. The van der Waals surface area contributed by atoms with Crippen LogP contribution in [0.15, 0.2) is 27.9 Å². The van der Waals surface area contributed by atoms with Crippen LogP contribution < -0.4 is 21.6 Å². The van der Waals surface area contributed by atoms with Crippen LogP contribution in [0.4, 0.5) is 5.82 Å².